The van der Waals surface area contributed by atoms with E-state index >= 15 is 0 Å². The second-order valence-electron chi connectivity index (χ2n) is 9.82. The van der Waals surface area contributed by atoms with E-state index in [4.69, 9.17) is 4.98 Å². The molecule has 2 amide bonds. The van der Waals surface area contributed by atoms with Gasteiger partial charge in [0.25, 0.3) is 5.91 Å². The summed E-state index contributed by atoms with van der Waals surface area (Å²) in [5.74, 6) is -0.433. The third kappa shape index (κ3) is 5.09. The SMILES string of the molecule is Cc1ccc(-c2cc(C(=O)N3CCN(C(=O)Cc4ccc(F)cc4)CC3)c3cnn(C(C)C)c3n2)cc1. The van der Waals surface area contributed by atoms with Crippen LogP contribution in [0.3, 0.4) is 0 Å². The number of fused-ring (bicyclic) bond motifs is 1. The number of aromatic nitrogens is 3. The van der Waals surface area contributed by atoms with Gasteiger partial charge in [0.05, 0.1) is 29.3 Å². The number of rotatable bonds is 5. The number of hydrogen-bond donors (Lipinski definition) is 0. The number of carbonyl (C=O) groups is 2. The van der Waals surface area contributed by atoms with Gasteiger partial charge in [0.2, 0.25) is 5.91 Å². The van der Waals surface area contributed by atoms with Gasteiger partial charge in [-0.2, -0.15) is 5.10 Å². The number of hydrogen-bond acceptors (Lipinski definition) is 4. The smallest absolute Gasteiger partial charge is 0.254 e. The molecule has 0 N–H and O–H groups in total. The van der Waals surface area contributed by atoms with Crippen molar-refractivity contribution in [3.8, 4) is 11.3 Å². The third-order valence-electron chi connectivity index (χ3n) is 6.82. The Balaban J connectivity index is 1.37. The first kappa shape index (κ1) is 24.6. The van der Waals surface area contributed by atoms with E-state index in [9.17, 15) is 14.0 Å². The van der Waals surface area contributed by atoms with Crippen LogP contribution in [0.4, 0.5) is 4.39 Å². The summed E-state index contributed by atoms with van der Waals surface area (Å²) in [6.45, 7) is 7.90. The van der Waals surface area contributed by atoms with Gasteiger partial charge >= 0.3 is 0 Å². The summed E-state index contributed by atoms with van der Waals surface area (Å²) in [4.78, 5) is 35.0. The first-order valence-electron chi connectivity index (χ1n) is 12.6. The van der Waals surface area contributed by atoms with Crippen molar-refractivity contribution in [3.63, 3.8) is 0 Å². The van der Waals surface area contributed by atoms with Crippen LogP contribution in [0.1, 0.15) is 41.4 Å². The molecule has 4 aromatic rings. The Morgan fingerprint density at radius 2 is 1.59 bits per heavy atom. The predicted octanol–water partition coefficient (Wildman–Crippen LogP) is 4.65. The summed E-state index contributed by atoms with van der Waals surface area (Å²) >= 11 is 0. The molecule has 190 valence electrons. The van der Waals surface area contributed by atoms with E-state index in [0.717, 1.165) is 27.8 Å². The van der Waals surface area contributed by atoms with Crippen LogP contribution in [0.25, 0.3) is 22.3 Å². The monoisotopic (exact) mass is 499 g/mol. The molecule has 2 aromatic heterocycles. The van der Waals surface area contributed by atoms with E-state index in [1.54, 1.807) is 28.1 Å². The molecule has 8 heteroatoms. The van der Waals surface area contributed by atoms with Gasteiger partial charge in [0.1, 0.15) is 5.82 Å². The van der Waals surface area contributed by atoms with Crippen LogP contribution < -0.4 is 0 Å². The second kappa shape index (κ2) is 10.1. The summed E-state index contributed by atoms with van der Waals surface area (Å²) in [5.41, 5.74) is 4.85. The maximum atomic E-state index is 13.8. The lowest BCUT2D eigenvalue weighted by molar-refractivity contribution is -0.131. The molecule has 1 aliphatic rings. The number of piperazine rings is 1. The molecule has 0 unspecified atom stereocenters. The fraction of sp³-hybridized carbons (Fsp3) is 0.310. The van der Waals surface area contributed by atoms with Gasteiger partial charge in [0.15, 0.2) is 5.65 Å². The zero-order chi connectivity index (χ0) is 26.1. The molecule has 0 atom stereocenters. The standard InChI is InChI=1S/C29H30FN5O2/c1-19(2)35-28-25(18-31-35)24(17-26(32-28)22-8-4-20(3)5-9-22)29(37)34-14-12-33(13-15-34)27(36)16-21-6-10-23(30)11-7-21/h4-11,17-19H,12-16H2,1-3H3. The minimum absolute atomic E-state index is 0.0233. The number of pyridine rings is 1. The van der Waals surface area contributed by atoms with Crippen LogP contribution >= 0.6 is 0 Å². The topological polar surface area (TPSA) is 71.3 Å². The Bertz CT molecular complexity index is 1440. The van der Waals surface area contributed by atoms with Crippen molar-refractivity contribution >= 4 is 22.8 Å². The van der Waals surface area contributed by atoms with Gasteiger partial charge in [-0.15, -0.1) is 0 Å². The largest absolute Gasteiger partial charge is 0.339 e. The van der Waals surface area contributed by atoms with Gasteiger partial charge in [0, 0.05) is 37.8 Å². The van der Waals surface area contributed by atoms with Crippen LogP contribution in [-0.2, 0) is 11.2 Å². The summed E-state index contributed by atoms with van der Waals surface area (Å²) in [6, 6.07) is 16.0. The lowest BCUT2D eigenvalue weighted by Crippen LogP contribution is -2.51. The fourth-order valence-corrected chi connectivity index (χ4v) is 4.66. The second-order valence-corrected chi connectivity index (χ2v) is 9.82. The van der Waals surface area contributed by atoms with E-state index < -0.39 is 0 Å². The van der Waals surface area contributed by atoms with Crippen LogP contribution in [0, 0.1) is 12.7 Å². The van der Waals surface area contributed by atoms with Crippen molar-refractivity contribution in [3.05, 3.63) is 83.3 Å². The first-order chi connectivity index (χ1) is 17.8. The molecule has 0 aliphatic carbocycles. The Morgan fingerprint density at radius 3 is 2.24 bits per heavy atom. The molecule has 0 saturated carbocycles. The predicted molar refractivity (Wildman–Crippen MR) is 141 cm³/mol. The number of amides is 2. The molecule has 37 heavy (non-hydrogen) atoms. The normalized spacial score (nSPS) is 14.0. The van der Waals surface area contributed by atoms with Crippen molar-refractivity contribution in [2.75, 3.05) is 26.2 Å². The molecular formula is C29H30FN5O2. The number of benzene rings is 2. The molecule has 2 aromatic carbocycles. The highest BCUT2D eigenvalue weighted by Gasteiger charge is 2.27. The van der Waals surface area contributed by atoms with Gasteiger partial charge in [-0.3, -0.25) is 9.59 Å². The van der Waals surface area contributed by atoms with E-state index in [1.807, 2.05) is 55.8 Å². The molecule has 1 fully saturated rings. The van der Waals surface area contributed by atoms with Gasteiger partial charge < -0.3 is 9.80 Å². The van der Waals surface area contributed by atoms with E-state index in [2.05, 4.69) is 5.10 Å². The quantitative estimate of drug-likeness (QED) is 0.401. The molecule has 5 rings (SSSR count). The van der Waals surface area contributed by atoms with Crippen LogP contribution in [0.5, 0.6) is 0 Å². The number of carbonyl (C=O) groups excluding carboxylic acids is 2. The van der Waals surface area contributed by atoms with E-state index in [1.165, 1.54) is 12.1 Å². The average molecular weight is 500 g/mol. The highest BCUT2D eigenvalue weighted by molar-refractivity contribution is 6.06. The minimum Gasteiger partial charge on any atom is -0.339 e. The molecule has 7 nitrogen and oxygen atoms in total. The Hall–Kier alpha value is -4.07. The summed E-state index contributed by atoms with van der Waals surface area (Å²) in [6.07, 6.45) is 1.93. The molecule has 0 radical (unpaired) electrons. The summed E-state index contributed by atoms with van der Waals surface area (Å²) in [5, 5.41) is 5.25. The maximum absolute atomic E-state index is 13.8. The molecule has 3 heterocycles. The van der Waals surface area contributed by atoms with Crippen LogP contribution in [0.15, 0.2) is 60.8 Å². The Kier molecular flexibility index (Phi) is 6.74. The van der Waals surface area contributed by atoms with Gasteiger partial charge in [-0.25, -0.2) is 14.1 Å². The molecular weight excluding hydrogens is 469 g/mol. The lowest BCUT2D eigenvalue weighted by Gasteiger charge is -2.35. The van der Waals surface area contributed by atoms with Gasteiger partial charge in [-0.1, -0.05) is 42.0 Å². The summed E-state index contributed by atoms with van der Waals surface area (Å²) in [7, 11) is 0. The van der Waals surface area contributed by atoms with Crippen molar-refractivity contribution in [1.29, 1.82) is 0 Å². The molecule has 0 bridgehead atoms. The highest BCUT2D eigenvalue weighted by atomic mass is 19.1. The molecule has 1 aliphatic heterocycles. The van der Waals surface area contributed by atoms with E-state index in [0.29, 0.717) is 37.4 Å². The zero-order valence-electron chi connectivity index (χ0n) is 21.3. The third-order valence-corrected chi connectivity index (χ3v) is 6.82. The van der Waals surface area contributed by atoms with E-state index in [-0.39, 0.29) is 30.1 Å². The fourth-order valence-electron chi connectivity index (χ4n) is 4.66. The van der Waals surface area contributed by atoms with Gasteiger partial charge in [-0.05, 0) is 44.5 Å². The molecule has 0 spiro atoms. The minimum atomic E-state index is -0.321. The highest BCUT2D eigenvalue weighted by Crippen LogP contribution is 2.28. The molecule has 1 saturated heterocycles. The number of aryl methyl sites for hydroxylation is 1. The average Bonchev–Trinajstić information content (AvgIpc) is 3.34. The Labute approximate surface area is 215 Å². The van der Waals surface area contributed by atoms with Crippen molar-refractivity contribution in [1.82, 2.24) is 24.6 Å². The van der Waals surface area contributed by atoms with Crippen molar-refractivity contribution in [2.24, 2.45) is 0 Å². The zero-order valence-corrected chi connectivity index (χ0v) is 21.3. The van der Waals surface area contributed by atoms with Crippen LogP contribution in [-0.4, -0.2) is 62.6 Å². The van der Waals surface area contributed by atoms with Crippen molar-refractivity contribution < 1.29 is 14.0 Å². The lowest BCUT2D eigenvalue weighted by atomic mass is 10.0. The maximum Gasteiger partial charge on any atom is 0.254 e. The Morgan fingerprint density at radius 1 is 0.946 bits per heavy atom. The van der Waals surface area contributed by atoms with Crippen LogP contribution in [0.2, 0.25) is 0 Å². The number of nitrogens with zero attached hydrogens (tertiary/aromatic N) is 5. The van der Waals surface area contributed by atoms with Crippen molar-refractivity contribution in [2.45, 2.75) is 33.2 Å². The number of halogens is 1. The first-order valence-corrected chi connectivity index (χ1v) is 12.6. The summed E-state index contributed by atoms with van der Waals surface area (Å²) < 4.78 is 15.0.